The molecule has 0 saturated heterocycles. The number of hydrogen-bond donors (Lipinski definition) is 1. The van der Waals surface area contributed by atoms with Crippen LogP contribution in [-0.4, -0.2) is 11.9 Å². The molecule has 2 aromatic carbocycles. The first-order chi connectivity index (χ1) is 12.8. The Labute approximate surface area is 171 Å². The summed E-state index contributed by atoms with van der Waals surface area (Å²) >= 11 is -4.76. The van der Waals surface area contributed by atoms with E-state index in [4.69, 9.17) is 17.2 Å². The Bertz CT molecular complexity index is 869. The molecule has 0 saturated carbocycles. The first-order valence-corrected chi connectivity index (χ1v) is 31.5. The summed E-state index contributed by atoms with van der Waals surface area (Å²) in [6, 6.07) is 14.8. The van der Waals surface area contributed by atoms with E-state index >= 15 is 0 Å². The van der Waals surface area contributed by atoms with Crippen LogP contribution in [-0.2, 0) is 26.8 Å². The quantitative estimate of drug-likeness (QED) is 0.288. The molecular formula is C21H28Cl2HfNOSi. The van der Waals surface area contributed by atoms with Crippen LogP contribution in [0.25, 0.3) is 11.1 Å². The summed E-state index contributed by atoms with van der Waals surface area (Å²) < 4.78 is 4.34. The second-order valence-electron chi connectivity index (χ2n) is 7.91. The van der Waals surface area contributed by atoms with E-state index in [9.17, 15) is 4.79 Å². The number of nitrogens with one attached hydrogen (secondary N) is 1. The molecule has 1 N–H and O–H groups in total. The summed E-state index contributed by atoms with van der Waals surface area (Å²) in [5, 5.41) is 0. The molecule has 0 heterocycles. The van der Waals surface area contributed by atoms with Crippen molar-refractivity contribution < 1.29 is 20.4 Å². The van der Waals surface area contributed by atoms with Crippen molar-refractivity contribution in [3.05, 3.63) is 53.6 Å². The number of hydrogen-bond acceptors (Lipinski definition) is 1. The van der Waals surface area contributed by atoms with Gasteiger partial charge in [0.25, 0.3) is 0 Å². The first-order valence-electron chi connectivity index (χ1n) is 9.86. The molecule has 0 aliphatic heterocycles. The maximum absolute atomic E-state index is 12.7. The Hall–Kier alpha value is -0.423. The van der Waals surface area contributed by atoms with Gasteiger partial charge < -0.3 is 0 Å². The van der Waals surface area contributed by atoms with E-state index in [0.29, 0.717) is 6.42 Å². The summed E-state index contributed by atoms with van der Waals surface area (Å²) in [5.74, 6) is -1.53. The van der Waals surface area contributed by atoms with Crippen LogP contribution in [0.4, 0.5) is 0 Å². The molecule has 0 aromatic heterocycles. The molecule has 1 aliphatic carbocycles. The van der Waals surface area contributed by atoms with Gasteiger partial charge in [-0.2, -0.15) is 0 Å². The number of unbranched alkanes of at least 4 members (excludes halogenated alkanes) is 2. The van der Waals surface area contributed by atoms with E-state index in [1.165, 1.54) is 22.3 Å². The van der Waals surface area contributed by atoms with Crippen molar-refractivity contribution in [2.24, 2.45) is 0 Å². The van der Waals surface area contributed by atoms with Crippen molar-refractivity contribution in [1.82, 2.24) is 3.30 Å². The molecule has 2 aromatic rings. The Morgan fingerprint density at radius 2 is 1.78 bits per heavy atom. The van der Waals surface area contributed by atoms with E-state index in [1.54, 1.807) is 0 Å². The standard InChI is InChI=1S/C13H9.C6H13NO.C2H7Si.2ClH.Hf/c1-3-7-12-10(5-1)9-11-6-2-4-8-13(11)12;1-2-3-4-5-6(7)8;1-3-2;;;/h1-5,7-8H,9H2;2-5H2,1H3,(H2,7,8);3H,1-2H3;2*1H;/q;;;;;+3/p-3. The normalized spacial score (nSPS) is 14.4. The number of halogens is 2. The Morgan fingerprint density at radius 1 is 1.07 bits per heavy atom. The zero-order chi connectivity index (χ0) is 19.7. The van der Waals surface area contributed by atoms with Crippen LogP contribution in [0.2, 0.25) is 13.1 Å². The van der Waals surface area contributed by atoms with Gasteiger partial charge in [0, 0.05) is 0 Å². The number of fused-ring (bicyclic) bond motifs is 3. The van der Waals surface area contributed by atoms with Crippen molar-refractivity contribution in [3.63, 3.8) is 0 Å². The van der Waals surface area contributed by atoms with Gasteiger partial charge in [0.2, 0.25) is 0 Å². The molecular weight excluding hydrogens is 560 g/mol. The van der Waals surface area contributed by atoms with Crippen LogP contribution in [0.3, 0.4) is 0 Å². The van der Waals surface area contributed by atoms with Gasteiger partial charge in [0.05, 0.1) is 0 Å². The molecule has 0 spiro atoms. The van der Waals surface area contributed by atoms with E-state index < -0.39 is 21.6 Å². The molecule has 0 radical (unpaired) electrons. The zero-order valence-electron chi connectivity index (χ0n) is 16.3. The number of rotatable bonds is 7. The number of carbonyl (C=O) groups excluding carboxylic acids is 1. The van der Waals surface area contributed by atoms with E-state index in [2.05, 4.69) is 65.8 Å². The molecule has 27 heavy (non-hydrogen) atoms. The number of carbonyl (C=O) groups is 1. The fourth-order valence-corrected chi connectivity index (χ4v) is 29.8. The van der Waals surface area contributed by atoms with Crippen LogP contribution < -0.4 is 6.62 Å². The minimum absolute atomic E-state index is 0.0260. The van der Waals surface area contributed by atoms with Gasteiger partial charge in [-0.1, -0.05) is 0 Å². The first kappa shape index (κ1) is 21.3. The second kappa shape index (κ2) is 8.14. The van der Waals surface area contributed by atoms with Crippen molar-refractivity contribution >= 4 is 32.4 Å². The molecule has 0 atom stereocenters. The number of amides is 1. The Kier molecular flexibility index (Phi) is 6.42. The van der Waals surface area contributed by atoms with Gasteiger partial charge in [-0.15, -0.1) is 0 Å². The van der Waals surface area contributed by atoms with Gasteiger partial charge in [-0.3, -0.25) is 0 Å². The van der Waals surface area contributed by atoms with Crippen molar-refractivity contribution in [3.8, 4) is 11.1 Å². The van der Waals surface area contributed by atoms with Crippen LogP contribution in [0.1, 0.15) is 43.7 Å². The molecule has 145 valence electrons. The van der Waals surface area contributed by atoms with Gasteiger partial charge in [-0.05, 0) is 0 Å². The molecule has 0 unspecified atom stereocenters. The molecule has 0 fully saturated rings. The average Bonchev–Trinajstić information content (AvgIpc) is 3.00. The van der Waals surface area contributed by atoms with Crippen molar-refractivity contribution in [1.29, 1.82) is 0 Å². The van der Waals surface area contributed by atoms with Crippen LogP contribution in [0.15, 0.2) is 42.5 Å². The topological polar surface area (TPSA) is 29.1 Å². The minimum atomic E-state index is -4.76. The molecule has 2 nitrogen and oxygen atoms in total. The van der Waals surface area contributed by atoms with Gasteiger partial charge in [0.15, 0.2) is 0 Å². The fraction of sp³-hybridized carbons (Fsp3) is 0.381. The summed E-state index contributed by atoms with van der Waals surface area (Å²) in [7, 11) is 14.8. The maximum atomic E-state index is 12.7. The van der Waals surface area contributed by atoms with Gasteiger partial charge in [0.1, 0.15) is 0 Å². The summed E-state index contributed by atoms with van der Waals surface area (Å²) in [6.07, 6.45) is 4.39. The SMILES string of the molecule is CCCCCC(=O)[NH][Hf]([Cl])([Cl])([c]1cccc2c1Cc1ccccc1-2)[SiH](C)C. The second-order valence-corrected chi connectivity index (χ2v) is 63.1. The predicted molar refractivity (Wildman–Crippen MR) is 117 cm³/mol. The van der Waals surface area contributed by atoms with E-state index in [-0.39, 0.29) is 5.91 Å². The van der Waals surface area contributed by atoms with E-state index in [0.717, 1.165) is 29.0 Å². The third-order valence-electron chi connectivity index (χ3n) is 5.73. The summed E-state index contributed by atoms with van der Waals surface area (Å²) in [5.41, 5.74) is 5.03. The average molecular weight is 588 g/mol. The van der Waals surface area contributed by atoms with Crippen LogP contribution in [0, 0.1) is 0 Å². The monoisotopic (exact) mass is 588 g/mol. The van der Waals surface area contributed by atoms with Gasteiger partial charge >= 0.3 is 173 Å². The number of benzene rings is 2. The van der Waals surface area contributed by atoms with Crippen LogP contribution in [0.5, 0.6) is 0 Å². The predicted octanol–water partition coefficient (Wildman–Crippen LogP) is 5.48. The fourth-order valence-electron chi connectivity index (χ4n) is 3.96. The Balaban J connectivity index is 2.02. The molecule has 1 aliphatic rings. The molecule has 6 heteroatoms. The van der Waals surface area contributed by atoms with Gasteiger partial charge in [-0.25, -0.2) is 0 Å². The summed E-state index contributed by atoms with van der Waals surface area (Å²) in [4.78, 5) is 12.7. The summed E-state index contributed by atoms with van der Waals surface area (Å²) in [6.45, 7) is 6.51. The van der Waals surface area contributed by atoms with Crippen LogP contribution >= 0.6 is 17.2 Å². The molecule has 1 amide bonds. The zero-order valence-corrected chi connectivity index (χ0v) is 22.6. The third kappa shape index (κ3) is 4.01. The Morgan fingerprint density at radius 3 is 2.48 bits per heavy atom. The molecule has 0 bridgehead atoms. The van der Waals surface area contributed by atoms with E-state index in [1.807, 2.05) is 0 Å². The van der Waals surface area contributed by atoms with Crippen molar-refractivity contribution in [2.75, 3.05) is 0 Å². The van der Waals surface area contributed by atoms with Crippen molar-refractivity contribution in [2.45, 2.75) is 52.1 Å². The third-order valence-corrected chi connectivity index (χ3v) is 67.5. The molecule has 3 rings (SSSR count).